The van der Waals surface area contributed by atoms with Crippen LogP contribution in [0.4, 0.5) is 0 Å². The van der Waals surface area contributed by atoms with E-state index in [-0.39, 0.29) is 5.75 Å². The fourth-order valence-corrected chi connectivity index (χ4v) is 2.25. The van der Waals surface area contributed by atoms with Crippen molar-refractivity contribution in [3.05, 3.63) is 36.0 Å². The lowest BCUT2D eigenvalue weighted by molar-refractivity contribution is 0.587. The highest BCUT2D eigenvalue weighted by atomic mass is 32.2. The summed E-state index contributed by atoms with van der Waals surface area (Å²) in [6.45, 7) is 0. The summed E-state index contributed by atoms with van der Waals surface area (Å²) in [4.78, 5) is 3.06. The van der Waals surface area contributed by atoms with Crippen LogP contribution in [0.5, 0.6) is 0 Å². The SMILES string of the molecule is CNS(=O)(=O)Cc1ccc2[nH]ccc2c1. The maximum atomic E-state index is 11.3. The second-order valence-electron chi connectivity index (χ2n) is 3.36. The lowest BCUT2D eigenvalue weighted by Gasteiger charge is -2.02. The molecule has 0 bridgehead atoms. The monoisotopic (exact) mass is 224 g/mol. The van der Waals surface area contributed by atoms with Crippen molar-refractivity contribution in [2.75, 3.05) is 7.05 Å². The first-order valence-corrected chi connectivity index (χ1v) is 6.23. The smallest absolute Gasteiger partial charge is 0.215 e. The number of hydrogen-bond acceptors (Lipinski definition) is 2. The van der Waals surface area contributed by atoms with Gasteiger partial charge in [-0.3, -0.25) is 0 Å². The van der Waals surface area contributed by atoms with Crippen molar-refractivity contribution in [2.24, 2.45) is 0 Å². The van der Waals surface area contributed by atoms with Crippen LogP contribution < -0.4 is 4.72 Å². The number of nitrogens with one attached hydrogen (secondary N) is 2. The van der Waals surface area contributed by atoms with Crippen LogP contribution in [-0.2, 0) is 15.8 Å². The fourth-order valence-electron chi connectivity index (χ4n) is 1.48. The van der Waals surface area contributed by atoms with E-state index in [9.17, 15) is 8.42 Å². The summed E-state index contributed by atoms with van der Waals surface area (Å²) in [5.41, 5.74) is 1.80. The van der Waals surface area contributed by atoms with Crippen molar-refractivity contribution in [3.8, 4) is 0 Å². The average Bonchev–Trinajstić information content (AvgIpc) is 2.64. The van der Waals surface area contributed by atoms with E-state index in [0.717, 1.165) is 16.5 Å². The van der Waals surface area contributed by atoms with Gasteiger partial charge in [0.1, 0.15) is 0 Å². The number of hydrogen-bond donors (Lipinski definition) is 2. The average molecular weight is 224 g/mol. The molecule has 2 aromatic rings. The molecule has 1 aromatic heterocycles. The molecule has 1 heterocycles. The zero-order chi connectivity index (χ0) is 10.9. The first-order chi connectivity index (χ1) is 7.11. The van der Waals surface area contributed by atoms with Gasteiger partial charge in [0.25, 0.3) is 0 Å². The molecular formula is C10H12N2O2S. The zero-order valence-corrected chi connectivity index (χ0v) is 9.14. The Hall–Kier alpha value is -1.33. The van der Waals surface area contributed by atoms with Crippen molar-refractivity contribution in [1.29, 1.82) is 0 Å². The largest absolute Gasteiger partial charge is 0.361 e. The highest BCUT2D eigenvalue weighted by Gasteiger charge is 2.08. The molecule has 0 atom stereocenters. The number of aromatic amines is 1. The normalized spacial score (nSPS) is 12.1. The standard InChI is InChI=1S/C10H12N2O2S/c1-11-15(13,14)7-8-2-3-10-9(6-8)4-5-12-10/h2-6,11-12H,7H2,1H3. The number of H-pyrrole nitrogens is 1. The molecule has 1 aromatic carbocycles. The topological polar surface area (TPSA) is 62.0 Å². The Morgan fingerprint density at radius 3 is 2.87 bits per heavy atom. The molecule has 0 saturated carbocycles. The summed E-state index contributed by atoms with van der Waals surface area (Å²) in [6.07, 6.45) is 1.83. The van der Waals surface area contributed by atoms with Gasteiger partial charge in [-0.2, -0.15) is 0 Å². The van der Waals surface area contributed by atoms with Crippen LogP contribution in [0.1, 0.15) is 5.56 Å². The van der Waals surface area contributed by atoms with Crippen LogP contribution in [0.3, 0.4) is 0 Å². The van der Waals surface area contributed by atoms with Crippen LogP contribution in [0.25, 0.3) is 10.9 Å². The number of sulfonamides is 1. The van der Waals surface area contributed by atoms with E-state index in [1.165, 1.54) is 7.05 Å². The second kappa shape index (κ2) is 3.67. The molecule has 2 rings (SSSR count). The van der Waals surface area contributed by atoms with Crippen LogP contribution in [0.15, 0.2) is 30.5 Å². The molecule has 2 N–H and O–H groups in total. The van der Waals surface area contributed by atoms with Gasteiger partial charge in [-0.05, 0) is 36.2 Å². The van der Waals surface area contributed by atoms with Crippen LogP contribution in [0.2, 0.25) is 0 Å². The van der Waals surface area contributed by atoms with E-state index in [4.69, 9.17) is 0 Å². The first kappa shape index (κ1) is 10.2. The Labute approximate surface area is 88.4 Å². The third-order valence-corrected chi connectivity index (χ3v) is 3.62. The Bertz CT molecular complexity index is 572. The number of fused-ring (bicyclic) bond motifs is 1. The van der Waals surface area contributed by atoms with Crippen molar-refractivity contribution in [1.82, 2.24) is 9.71 Å². The van der Waals surface area contributed by atoms with Crippen molar-refractivity contribution < 1.29 is 8.42 Å². The van der Waals surface area contributed by atoms with Crippen LogP contribution in [0, 0.1) is 0 Å². The van der Waals surface area contributed by atoms with Gasteiger partial charge in [-0.25, -0.2) is 13.1 Å². The molecule has 5 heteroatoms. The van der Waals surface area contributed by atoms with Crippen LogP contribution >= 0.6 is 0 Å². The van der Waals surface area contributed by atoms with Gasteiger partial charge in [0.15, 0.2) is 0 Å². The molecule has 0 spiro atoms. The van der Waals surface area contributed by atoms with Crippen LogP contribution in [-0.4, -0.2) is 20.4 Å². The third-order valence-electron chi connectivity index (χ3n) is 2.29. The molecule has 0 amide bonds. The second-order valence-corrected chi connectivity index (χ2v) is 5.29. The van der Waals surface area contributed by atoms with Crippen molar-refractivity contribution >= 4 is 20.9 Å². The molecule has 0 radical (unpaired) electrons. The first-order valence-electron chi connectivity index (χ1n) is 4.58. The molecule has 0 aliphatic heterocycles. The molecule has 80 valence electrons. The minimum absolute atomic E-state index is 0.0185. The van der Waals surface area contributed by atoms with Gasteiger partial charge in [-0.1, -0.05) is 6.07 Å². The molecule has 0 aliphatic carbocycles. The maximum absolute atomic E-state index is 11.3. The van der Waals surface area contributed by atoms with Crippen molar-refractivity contribution in [2.45, 2.75) is 5.75 Å². The number of benzene rings is 1. The minimum atomic E-state index is -3.18. The van der Waals surface area contributed by atoms with E-state index in [2.05, 4.69) is 9.71 Å². The summed E-state index contributed by atoms with van der Waals surface area (Å²) < 4.78 is 24.9. The quantitative estimate of drug-likeness (QED) is 0.823. The Kier molecular flexibility index (Phi) is 2.50. The Morgan fingerprint density at radius 1 is 1.33 bits per heavy atom. The zero-order valence-electron chi connectivity index (χ0n) is 8.32. The van der Waals surface area contributed by atoms with Gasteiger partial charge in [0.2, 0.25) is 10.0 Å². The highest BCUT2D eigenvalue weighted by Crippen LogP contribution is 2.15. The van der Waals surface area contributed by atoms with E-state index >= 15 is 0 Å². The summed E-state index contributed by atoms with van der Waals surface area (Å²) in [7, 11) is -1.76. The summed E-state index contributed by atoms with van der Waals surface area (Å²) >= 11 is 0. The number of aromatic nitrogens is 1. The molecule has 0 aliphatic rings. The van der Waals surface area contributed by atoms with Crippen molar-refractivity contribution in [3.63, 3.8) is 0 Å². The summed E-state index contributed by atoms with van der Waals surface area (Å²) in [5, 5.41) is 1.03. The molecule has 0 fully saturated rings. The molecule has 0 saturated heterocycles. The summed E-state index contributed by atoms with van der Waals surface area (Å²) in [5.74, 6) is 0.0185. The number of rotatable bonds is 3. The highest BCUT2D eigenvalue weighted by molar-refractivity contribution is 7.88. The van der Waals surface area contributed by atoms with Gasteiger partial charge in [-0.15, -0.1) is 0 Å². The molecule has 0 unspecified atom stereocenters. The molecule has 4 nitrogen and oxygen atoms in total. The Morgan fingerprint density at radius 2 is 2.13 bits per heavy atom. The van der Waals surface area contributed by atoms with E-state index in [1.54, 1.807) is 0 Å². The van der Waals surface area contributed by atoms with Gasteiger partial charge in [0, 0.05) is 11.7 Å². The van der Waals surface area contributed by atoms with Gasteiger partial charge < -0.3 is 4.98 Å². The maximum Gasteiger partial charge on any atom is 0.215 e. The predicted octanol–water partition coefficient (Wildman–Crippen LogP) is 1.22. The third kappa shape index (κ3) is 2.19. The minimum Gasteiger partial charge on any atom is -0.361 e. The van der Waals surface area contributed by atoms with E-state index in [0.29, 0.717) is 0 Å². The van der Waals surface area contributed by atoms with E-state index in [1.807, 2.05) is 30.5 Å². The predicted molar refractivity (Wildman–Crippen MR) is 60.0 cm³/mol. The lowest BCUT2D eigenvalue weighted by Crippen LogP contribution is -2.20. The molecule has 15 heavy (non-hydrogen) atoms. The van der Waals surface area contributed by atoms with Gasteiger partial charge in [0.05, 0.1) is 5.75 Å². The fraction of sp³-hybridized carbons (Fsp3) is 0.200. The van der Waals surface area contributed by atoms with E-state index < -0.39 is 10.0 Å². The summed E-state index contributed by atoms with van der Waals surface area (Å²) in [6, 6.07) is 7.50. The lowest BCUT2D eigenvalue weighted by atomic mass is 10.2. The molecular weight excluding hydrogens is 212 g/mol. The van der Waals surface area contributed by atoms with Gasteiger partial charge >= 0.3 is 0 Å². The Balaban J connectivity index is 2.37.